The Kier molecular flexibility index (Phi) is 6.11. The van der Waals surface area contributed by atoms with Gasteiger partial charge in [-0.05, 0) is 49.2 Å². The Labute approximate surface area is 148 Å². The Morgan fingerprint density at radius 3 is 2.24 bits per heavy atom. The monoisotopic (exact) mass is 344 g/mol. The Balaban J connectivity index is 2.07. The molecule has 2 N–H and O–H groups in total. The van der Waals surface area contributed by atoms with E-state index in [9.17, 15) is 4.79 Å². The van der Waals surface area contributed by atoms with Crippen LogP contribution in [0.5, 0.6) is 17.2 Å². The lowest BCUT2D eigenvalue weighted by Gasteiger charge is -2.16. The Morgan fingerprint density at radius 1 is 0.920 bits per heavy atom. The summed E-state index contributed by atoms with van der Waals surface area (Å²) in [6.45, 7) is 4.33. The molecule has 0 aliphatic rings. The van der Waals surface area contributed by atoms with E-state index in [4.69, 9.17) is 14.2 Å². The Bertz CT molecular complexity index is 759. The van der Waals surface area contributed by atoms with Crippen LogP contribution in [-0.4, -0.2) is 27.4 Å². The van der Waals surface area contributed by atoms with E-state index in [2.05, 4.69) is 10.6 Å². The third-order valence-corrected chi connectivity index (χ3v) is 3.99. The molecule has 2 rings (SSSR count). The van der Waals surface area contributed by atoms with Crippen LogP contribution >= 0.6 is 0 Å². The molecule has 0 radical (unpaired) electrons. The zero-order valence-corrected chi connectivity index (χ0v) is 15.2. The minimum absolute atomic E-state index is 0.292. The van der Waals surface area contributed by atoms with Gasteiger partial charge in [-0.15, -0.1) is 0 Å². The Morgan fingerprint density at radius 2 is 1.64 bits per heavy atom. The second kappa shape index (κ2) is 8.28. The minimum Gasteiger partial charge on any atom is -0.493 e. The van der Waals surface area contributed by atoms with Gasteiger partial charge in [0.1, 0.15) is 0 Å². The molecule has 0 bridgehead atoms. The lowest BCUT2D eigenvalue weighted by atomic mass is 10.1. The van der Waals surface area contributed by atoms with E-state index in [1.165, 1.54) is 5.56 Å². The third-order valence-electron chi connectivity index (χ3n) is 3.99. The fourth-order valence-corrected chi connectivity index (χ4v) is 2.47. The predicted molar refractivity (Wildman–Crippen MR) is 97.9 cm³/mol. The van der Waals surface area contributed by atoms with Crippen molar-refractivity contribution in [1.29, 1.82) is 0 Å². The number of ether oxygens (including phenoxy) is 3. The molecule has 0 fully saturated rings. The van der Waals surface area contributed by atoms with Crippen molar-refractivity contribution < 1.29 is 19.0 Å². The average Bonchev–Trinajstić information content (AvgIpc) is 2.61. The van der Waals surface area contributed by atoms with E-state index < -0.39 is 0 Å². The molecule has 0 aliphatic heterocycles. The van der Waals surface area contributed by atoms with Gasteiger partial charge in [0.05, 0.1) is 21.3 Å². The molecule has 2 aromatic carbocycles. The fraction of sp³-hybridized carbons (Fsp3) is 0.316. The molecule has 0 saturated carbocycles. The topological polar surface area (TPSA) is 68.8 Å². The van der Waals surface area contributed by atoms with Gasteiger partial charge >= 0.3 is 6.03 Å². The molecular weight excluding hydrogens is 320 g/mol. The first-order chi connectivity index (χ1) is 12.0. The molecule has 0 atom stereocenters. The number of amides is 2. The standard InChI is InChI=1S/C19H24N2O4/c1-12-6-8-15(10-13(12)2)21-19(22)20-11-14-7-9-16(23-3)18(25-5)17(14)24-4/h6-10H,11H2,1-5H3,(H2,20,21,22). The molecule has 0 unspecified atom stereocenters. The first kappa shape index (κ1) is 18.4. The summed E-state index contributed by atoms with van der Waals surface area (Å²) >= 11 is 0. The number of hydrogen-bond donors (Lipinski definition) is 2. The van der Waals surface area contributed by atoms with E-state index in [1.807, 2.05) is 38.1 Å². The van der Waals surface area contributed by atoms with Crippen LogP contribution in [0, 0.1) is 13.8 Å². The van der Waals surface area contributed by atoms with Crippen molar-refractivity contribution in [2.45, 2.75) is 20.4 Å². The van der Waals surface area contributed by atoms with Crippen LogP contribution in [0.4, 0.5) is 10.5 Å². The van der Waals surface area contributed by atoms with Crippen LogP contribution in [0.1, 0.15) is 16.7 Å². The maximum Gasteiger partial charge on any atom is 0.319 e. The number of methoxy groups -OCH3 is 3. The lowest BCUT2D eigenvalue weighted by molar-refractivity contribution is 0.251. The molecule has 0 aliphatic carbocycles. The number of hydrogen-bond acceptors (Lipinski definition) is 4. The third kappa shape index (κ3) is 4.35. The summed E-state index contributed by atoms with van der Waals surface area (Å²) in [7, 11) is 4.66. The summed E-state index contributed by atoms with van der Waals surface area (Å²) in [6.07, 6.45) is 0. The lowest BCUT2D eigenvalue weighted by Crippen LogP contribution is -2.28. The highest BCUT2D eigenvalue weighted by atomic mass is 16.5. The summed E-state index contributed by atoms with van der Waals surface area (Å²) in [5.74, 6) is 1.61. The maximum absolute atomic E-state index is 12.1. The van der Waals surface area contributed by atoms with Gasteiger partial charge in [0.25, 0.3) is 0 Å². The van der Waals surface area contributed by atoms with Crippen LogP contribution < -0.4 is 24.8 Å². The van der Waals surface area contributed by atoms with E-state index in [0.29, 0.717) is 23.8 Å². The quantitative estimate of drug-likeness (QED) is 0.839. The van der Waals surface area contributed by atoms with Gasteiger partial charge < -0.3 is 24.8 Å². The van der Waals surface area contributed by atoms with Crippen LogP contribution in [0.15, 0.2) is 30.3 Å². The summed E-state index contributed by atoms with van der Waals surface area (Å²) in [5.41, 5.74) is 3.84. The highest BCUT2D eigenvalue weighted by Crippen LogP contribution is 2.39. The molecule has 0 spiro atoms. The molecule has 0 saturated heterocycles. The minimum atomic E-state index is -0.292. The SMILES string of the molecule is COc1ccc(CNC(=O)Nc2ccc(C)c(C)c2)c(OC)c1OC. The van der Waals surface area contributed by atoms with Crippen LogP contribution in [0.2, 0.25) is 0 Å². The van der Waals surface area contributed by atoms with E-state index in [0.717, 1.165) is 16.8 Å². The van der Waals surface area contributed by atoms with Gasteiger partial charge in [-0.2, -0.15) is 0 Å². The number of benzene rings is 2. The molecule has 0 heterocycles. The van der Waals surface area contributed by atoms with Crippen molar-refractivity contribution in [3.8, 4) is 17.2 Å². The molecule has 134 valence electrons. The van der Waals surface area contributed by atoms with Crippen molar-refractivity contribution in [1.82, 2.24) is 5.32 Å². The average molecular weight is 344 g/mol. The number of carbonyl (C=O) groups is 1. The van der Waals surface area contributed by atoms with Gasteiger partial charge in [-0.25, -0.2) is 4.79 Å². The van der Waals surface area contributed by atoms with Crippen molar-refractivity contribution in [3.05, 3.63) is 47.0 Å². The smallest absolute Gasteiger partial charge is 0.319 e. The van der Waals surface area contributed by atoms with Crippen molar-refractivity contribution >= 4 is 11.7 Å². The van der Waals surface area contributed by atoms with Crippen LogP contribution in [-0.2, 0) is 6.54 Å². The van der Waals surface area contributed by atoms with Crippen molar-refractivity contribution in [2.24, 2.45) is 0 Å². The number of carbonyl (C=O) groups excluding carboxylic acids is 1. The molecule has 2 aromatic rings. The fourth-order valence-electron chi connectivity index (χ4n) is 2.47. The van der Waals surface area contributed by atoms with Crippen LogP contribution in [0.3, 0.4) is 0 Å². The van der Waals surface area contributed by atoms with Crippen molar-refractivity contribution in [3.63, 3.8) is 0 Å². The second-order valence-corrected chi connectivity index (χ2v) is 5.60. The van der Waals surface area contributed by atoms with Crippen molar-refractivity contribution in [2.75, 3.05) is 26.6 Å². The molecule has 0 aromatic heterocycles. The van der Waals surface area contributed by atoms with E-state index in [-0.39, 0.29) is 6.03 Å². The number of rotatable bonds is 6. The number of urea groups is 1. The highest BCUT2D eigenvalue weighted by molar-refractivity contribution is 5.89. The second-order valence-electron chi connectivity index (χ2n) is 5.60. The van der Waals surface area contributed by atoms with E-state index in [1.54, 1.807) is 27.4 Å². The Hall–Kier alpha value is -2.89. The normalized spacial score (nSPS) is 10.1. The molecule has 25 heavy (non-hydrogen) atoms. The molecule has 6 nitrogen and oxygen atoms in total. The van der Waals surface area contributed by atoms with Gasteiger partial charge in [0.2, 0.25) is 5.75 Å². The summed E-state index contributed by atoms with van der Waals surface area (Å²) in [4.78, 5) is 12.1. The van der Waals surface area contributed by atoms with Crippen LogP contribution in [0.25, 0.3) is 0 Å². The highest BCUT2D eigenvalue weighted by Gasteiger charge is 2.16. The molecule has 2 amide bonds. The predicted octanol–water partition coefficient (Wildman–Crippen LogP) is 3.65. The summed E-state index contributed by atoms with van der Waals surface area (Å²) < 4.78 is 16.0. The maximum atomic E-state index is 12.1. The first-order valence-electron chi connectivity index (χ1n) is 7.90. The zero-order valence-electron chi connectivity index (χ0n) is 15.2. The molecular formula is C19H24N2O4. The van der Waals surface area contributed by atoms with Gasteiger partial charge in [-0.3, -0.25) is 0 Å². The molecule has 6 heteroatoms. The summed E-state index contributed by atoms with van der Waals surface area (Å²) in [6, 6.07) is 9.10. The largest absolute Gasteiger partial charge is 0.493 e. The van der Waals surface area contributed by atoms with Gasteiger partial charge in [0.15, 0.2) is 11.5 Å². The van der Waals surface area contributed by atoms with Gasteiger partial charge in [0, 0.05) is 17.8 Å². The number of aryl methyl sites for hydroxylation is 2. The number of anilines is 1. The summed E-state index contributed by atoms with van der Waals surface area (Å²) in [5, 5.41) is 5.64. The van der Waals surface area contributed by atoms with E-state index >= 15 is 0 Å². The number of nitrogens with one attached hydrogen (secondary N) is 2. The van der Waals surface area contributed by atoms with Gasteiger partial charge in [-0.1, -0.05) is 6.07 Å². The first-order valence-corrected chi connectivity index (χ1v) is 7.90. The zero-order chi connectivity index (χ0) is 18.4.